The van der Waals surface area contributed by atoms with Gasteiger partial charge in [-0.15, -0.1) is 0 Å². The third-order valence-electron chi connectivity index (χ3n) is 3.20. The molecule has 6 heteroatoms. The zero-order chi connectivity index (χ0) is 17.4. The summed E-state index contributed by atoms with van der Waals surface area (Å²) in [5.41, 5.74) is 3.94. The maximum atomic E-state index is 12.2. The molecule has 0 saturated heterocycles. The lowest BCUT2D eigenvalue weighted by Gasteiger charge is -2.05. The lowest BCUT2D eigenvalue weighted by Crippen LogP contribution is -2.20. The number of phenols is 2. The van der Waals surface area contributed by atoms with E-state index in [-0.39, 0.29) is 24.5 Å². The van der Waals surface area contributed by atoms with E-state index in [9.17, 15) is 15.0 Å². The van der Waals surface area contributed by atoms with Crippen LogP contribution in [-0.4, -0.2) is 34.0 Å². The van der Waals surface area contributed by atoms with Crippen molar-refractivity contribution >= 4 is 18.2 Å². The number of carbonyl (C=O) groups is 1. The molecule has 0 aliphatic heterocycles. The van der Waals surface area contributed by atoms with E-state index in [2.05, 4.69) is 10.5 Å². The Labute approximate surface area is 139 Å². The molecule has 4 N–H and O–H groups in total. The van der Waals surface area contributed by atoms with Gasteiger partial charge < -0.3 is 15.3 Å². The van der Waals surface area contributed by atoms with Crippen LogP contribution in [0, 0.1) is 0 Å². The molecule has 0 aliphatic carbocycles. The van der Waals surface area contributed by atoms with E-state index in [0.717, 1.165) is 5.56 Å². The van der Waals surface area contributed by atoms with Crippen molar-refractivity contribution in [2.24, 2.45) is 5.10 Å². The minimum atomic E-state index is -0.442. The van der Waals surface area contributed by atoms with Gasteiger partial charge in [-0.05, 0) is 23.8 Å². The number of hydrazone groups is 1. The summed E-state index contributed by atoms with van der Waals surface area (Å²) in [6, 6.07) is 13.3. The summed E-state index contributed by atoms with van der Waals surface area (Å²) < 4.78 is 0. The number of hydrogen-bond acceptors (Lipinski definition) is 5. The van der Waals surface area contributed by atoms with Gasteiger partial charge in [0.2, 0.25) is 0 Å². The molecule has 0 heterocycles. The quantitative estimate of drug-likeness (QED) is 0.370. The van der Waals surface area contributed by atoms with Crippen molar-refractivity contribution in [3.63, 3.8) is 0 Å². The molecule has 2 rings (SSSR count). The lowest BCUT2D eigenvalue weighted by molar-refractivity contribution is -0.117. The molecule has 0 fully saturated rings. The molecule has 0 radical (unpaired) electrons. The number of phenolic OH excluding ortho intramolecular Hbond substituents is 2. The highest BCUT2D eigenvalue weighted by atomic mass is 16.3. The second-order valence-corrected chi connectivity index (χ2v) is 5.00. The smallest absolute Gasteiger partial charge is 0.267 e. The first kappa shape index (κ1) is 17.2. The Balaban J connectivity index is 2.08. The zero-order valence-corrected chi connectivity index (χ0v) is 12.9. The number of benzene rings is 2. The van der Waals surface area contributed by atoms with Gasteiger partial charge in [0, 0.05) is 30.2 Å². The maximum absolute atomic E-state index is 12.2. The number of nitrogens with zero attached hydrogens (tertiary/aromatic N) is 1. The topological polar surface area (TPSA) is 102 Å². The fourth-order valence-electron chi connectivity index (χ4n) is 2.00. The number of nitrogens with one attached hydrogen (secondary N) is 1. The Morgan fingerprint density at radius 2 is 1.88 bits per heavy atom. The lowest BCUT2D eigenvalue weighted by atomic mass is 10.1. The fraction of sp³-hybridized carbons (Fsp3) is 0.111. The van der Waals surface area contributed by atoms with Gasteiger partial charge in [0.05, 0.1) is 6.21 Å². The van der Waals surface area contributed by atoms with Crippen LogP contribution in [0.15, 0.2) is 59.2 Å². The van der Waals surface area contributed by atoms with Crippen LogP contribution in [0.4, 0.5) is 0 Å². The van der Waals surface area contributed by atoms with Crippen LogP contribution in [0.3, 0.4) is 0 Å². The predicted octanol–water partition coefficient (Wildman–Crippen LogP) is 2.01. The molecule has 24 heavy (non-hydrogen) atoms. The highest BCUT2D eigenvalue weighted by molar-refractivity contribution is 5.98. The third kappa shape index (κ3) is 4.96. The van der Waals surface area contributed by atoms with Crippen LogP contribution in [0.25, 0.3) is 6.08 Å². The summed E-state index contributed by atoms with van der Waals surface area (Å²) in [5.74, 6) is -0.657. The number of aromatic hydroxyl groups is 2. The molecule has 2 aromatic rings. The molecule has 0 aromatic heterocycles. The minimum Gasteiger partial charge on any atom is -0.508 e. The van der Waals surface area contributed by atoms with Crippen molar-refractivity contribution in [1.29, 1.82) is 0 Å². The largest absolute Gasteiger partial charge is 0.508 e. The van der Waals surface area contributed by atoms with Crippen molar-refractivity contribution < 1.29 is 20.1 Å². The molecular formula is C18H18N2O4. The number of carbonyl (C=O) groups excluding carboxylic acids is 1. The molecule has 0 saturated carbocycles. The molecule has 6 nitrogen and oxygen atoms in total. The van der Waals surface area contributed by atoms with Crippen LogP contribution in [0.5, 0.6) is 11.5 Å². The van der Waals surface area contributed by atoms with Gasteiger partial charge in [-0.25, -0.2) is 5.43 Å². The van der Waals surface area contributed by atoms with Crippen LogP contribution in [0.2, 0.25) is 0 Å². The second-order valence-electron chi connectivity index (χ2n) is 5.00. The Kier molecular flexibility index (Phi) is 6.10. The Hall–Kier alpha value is -3.12. The van der Waals surface area contributed by atoms with E-state index >= 15 is 0 Å². The van der Waals surface area contributed by atoms with Gasteiger partial charge in [0.25, 0.3) is 5.91 Å². The molecule has 0 spiro atoms. The summed E-state index contributed by atoms with van der Waals surface area (Å²) in [6.07, 6.45) is 3.14. The predicted molar refractivity (Wildman–Crippen MR) is 91.6 cm³/mol. The Bertz CT molecular complexity index is 755. The van der Waals surface area contributed by atoms with Gasteiger partial charge in [-0.3, -0.25) is 4.79 Å². The zero-order valence-electron chi connectivity index (χ0n) is 12.9. The standard InChI is InChI=1S/C18H18N2O4/c21-9-8-14(10-13-4-2-1-3-5-13)18(24)20-19-12-15-6-7-16(22)11-17(15)23/h1-7,10-12,21-23H,8-9H2,(H,20,24)/b14-10+,19-12?. The van der Waals surface area contributed by atoms with Gasteiger partial charge in [0.15, 0.2) is 0 Å². The highest BCUT2D eigenvalue weighted by Crippen LogP contribution is 2.20. The SMILES string of the molecule is O=C(NN=Cc1ccc(O)cc1O)/C(=C/c1ccccc1)CCO. The van der Waals surface area contributed by atoms with Crippen LogP contribution in [-0.2, 0) is 4.79 Å². The maximum Gasteiger partial charge on any atom is 0.267 e. The first-order valence-corrected chi connectivity index (χ1v) is 7.32. The first-order chi connectivity index (χ1) is 11.6. The average molecular weight is 326 g/mol. The van der Waals surface area contributed by atoms with Crippen molar-refractivity contribution in [1.82, 2.24) is 5.43 Å². The second kappa shape index (κ2) is 8.50. The first-order valence-electron chi connectivity index (χ1n) is 7.32. The molecule has 0 atom stereocenters. The van der Waals surface area contributed by atoms with E-state index in [1.165, 1.54) is 24.4 Å². The van der Waals surface area contributed by atoms with Gasteiger partial charge >= 0.3 is 0 Å². The number of amides is 1. The molecule has 0 unspecified atom stereocenters. The summed E-state index contributed by atoms with van der Waals surface area (Å²) >= 11 is 0. The molecule has 2 aromatic carbocycles. The summed E-state index contributed by atoms with van der Waals surface area (Å²) in [7, 11) is 0. The summed E-state index contributed by atoms with van der Waals surface area (Å²) in [4.78, 5) is 12.2. The highest BCUT2D eigenvalue weighted by Gasteiger charge is 2.08. The van der Waals surface area contributed by atoms with E-state index in [4.69, 9.17) is 5.11 Å². The number of hydrogen-bond donors (Lipinski definition) is 4. The number of rotatable bonds is 6. The van der Waals surface area contributed by atoms with E-state index in [0.29, 0.717) is 11.1 Å². The van der Waals surface area contributed by atoms with E-state index in [1.54, 1.807) is 6.08 Å². The number of aliphatic hydroxyl groups excluding tert-OH is 1. The Morgan fingerprint density at radius 1 is 1.12 bits per heavy atom. The molecule has 0 aliphatic rings. The minimum absolute atomic E-state index is 0.0651. The van der Waals surface area contributed by atoms with Crippen LogP contribution < -0.4 is 5.43 Å². The van der Waals surface area contributed by atoms with Gasteiger partial charge in [0.1, 0.15) is 11.5 Å². The fourth-order valence-corrected chi connectivity index (χ4v) is 2.00. The van der Waals surface area contributed by atoms with Crippen molar-refractivity contribution in [2.75, 3.05) is 6.61 Å². The monoisotopic (exact) mass is 326 g/mol. The third-order valence-corrected chi connectivity index (χ3v) is 3.20. The van der Waals surface area contributed by atoms with Crippen molar-refractivity contribution in [2.45, 2.75) is 6.42 Å². The van der Waals surface area contributed by atoms with Crippen molar-refractivity contribution in [3.05, 3.63) is 65.2 Å². The van der Waals surface area contributed by atoms with Gasteiger partial charge in [-0.2, -0.15) is 5.10 Å². The number of aliphatic hydroxyl groups is 1. The summed E-state index contributed by atoms with van der Waals surface area (Å²) in [5, 5.41) is 31.8. The van der Waals surface area contributed by atoms with E-state index < -0.39 is 5.91 Å². The van der Waals surface area contributed by atoms with Crippen molar-refractivity contribution in [3.8, 4) is 11.5 Å². The Morgan fingerprint density at radius 3 is 2.54 bits per heavy atom. The van der Waals surface area contributed by atoms with Crippen LogP contribution in [0.1, 0.15) is 17.5 Å². The van der Waals surface area contributed by atoms with E-state index in [1.807, 2.05) is 30.3 Å². The average Bonchev–Trinajstić information content (AvgIpc) is 2.57. The molecule has 1 amide bonds. The van der Waals surface area contributed by atoms with Gasteiger partial charge in [-0.1, -0.05) is 30.3 Å². The molecule has 124 valence electrons. The molecular weight excluding hydrogens is 308 g/mol. The van der Waals surface area contributed by atoms with Crippen LogP contribution >= 0.6 is 0 Å². The molecule has 0 bridgehead atoms. The summed E-state index contributed by atoms with van der Waals surface area (Å²) in [6.45, 7) is -0.158. The normalized spacial score (nSPS) is 11.6.